The van der Waals surface area contributed by atoms with E-state index in [4.69, 9.17) is 44.3 Å². The molecule has 10 heteroatoms. The third kappa shape index (κ3) is 11.0. The molecule has 2 aromatic rings. The van der Waals surface area contributed by atoms with Crippen LogP contribution in [-0.2, 0) is 38.0 Å². The van der Waals surface area contributed by atoms with Gasteiger partial charge in [-0.15, -0.1) is 6.42 Å². The van der Waals surface area contributed by atoms with E-state index < -0.39 is 0 Å². The van der Waals surface area contributed by atoms with Crippen molar-refractivity contribution < 1.29 is 47.5 Å². The largest absolute Gasteiger partial charge is 0.426 e. The number of esters is 2. The average molecular weight is 759 g/mol. The van der Waals surface area contributed by atoms with Gasteiger partial charge in [-0.1, -0.05) is 18.1 Å². The molecule has 2 aliphatic heterocycles. The molecule has 10 nitrogen and oxygen atoms in total. The number of ether oxygens (including phenoxy) is 8. The fourth-order valence-electron chi connectivity index (χ4n) is 8.59. The van der Waals surface area contributed by atoms with E-state index >= 15 is 0 Å². The summed E-state index contributed by atoms with van der Waals surface area (Å²) in [5.74, 6) is 2.82. The number of hydrogen-bond donors (Lipinski definition) is 0. The van der Waals surface area contributed by atoms with Crippen molar-refractivity contribution in [3.63, 3.8) is 0 Å². The van der Waals surface area contributed by atoms with Gasteiger partial charge in [-0.2, -0.15) is 0 Å². The van der Waals surface area contributed by atoms with Crippen LogP contribution >= 0.6 is 0 Å². The van der Waals surface area contributed by atoms with E-state index in [2.05, 4.69) is 5.92 Å². The molecule has 0 aromatic heterocycles. The van der Waals surface area contributed by atoms with E-state index in [0.717, 1.165) is 138 Å². The summed E-state index contributed by atoms with van der Waals surface area (Å²) in [6, 6.07) is 11.4. The Bertz CT molecular complexity index is 1480. The summed E-state index contributed by atoms with van der Waals surface area (Å²) in [5.41, 5.74) is 3.82. The van der Waals surface area contributed by atoms with Gasteiger partial charge in [-0.25, -0.2) is 0 Å². The Hall–Kier alpha value is -3.30. The first-order chi connectivity index (χ1) is 27.0. The molecule has 2 saturated carbocycles. The SMILES string of the molecule is C#CC1c2cc(OC(=O)C3CCC(OCCCOC4CCCCO4)CC3)ccc2-c2ccc(OC(=O)C3CCC(OCCCOC4CCCCO4)CC3)cc21. The predicted molar refractivity (Wildman–Crippen MR) is 206 cm³/mol. The summed E-state index contributed by atoms with van der Waals surface area (Å²) in [4.78, 5) is 26.4. The normalized spacial score (nSPS) is 27.7. The lowest BCUT2D eigenvalue weighted by molar-refractivity contribution is -0.165. The summed E-state index contributed by atoms with van der Waals surface area (Å²) in [6.45, 7) is 4.15. The minimum absolute atomic E-state index is 0.0654. The Labute approximate surface area is 326 Å². The first kappa shape index (κ1) is 39.9. The number of rotatable bonds is 16. The highest BCUT2D eigenvalue weighted by Crippen LogP contribution is 2.47. The molecule has 7 rings (SSSR count). The minimum atomic E-state index is -0.344. The molecule has 3 aliphatic carbocycles. The summed E-state index contributed by atoms with van der Waals surface area (Å²) in [7, 11) is 0. The van der Waals surface area contributed by atoms with E-state index in [1.165, 1.54) is 0 Å². The molecule has 2 heterocycles. The van der Waals surface area contributed by atoms with Gasteiger partial charge in [0, 0.05) is 26.4 Å². The lowest BCUT2D eigenvalue weighted by Crippen LogP contribution is -2.29. The molecular formula is C45H58O10. The Morgan fingerprint density at radius 1 is 0.582 bits per heavy atom. The molecule has 5 aliphatic rings. The van der Waals surface area contributed by atoms with Gasteiger partial charge in [0.05, 0.1) is 43.2 Å². The maximum absolute atomic E-state index is 13.2. The molecule has 0 bridgehead atoms. The van der Waals surface area contributed by atoms with Crippen LogP contribution in [-0.4, -0.2) is 76.4 Å². The second kappa shape index (κ2) is 20.2. The van der Waals surface area contributed by atoms with Gasteiger partial charge in [0.1, 0.15) is 11.5 Å². The Kier molecular flexibility index (Phi) is 14.7. The second-order valence-electron chi connectivity index (χ2n) is 15.7. The quantitative estimate of drug-likeness (QED) is 0.0719. The maximum atomic E-state index is 13.2. The van der Waals surface area contributed by atoms with Crippen molar-refractivity contribution >= 4 is 11.9 Å². The molecule has 0 N–H and O–H groups in total. The summed E-state index contributed by atoms with van der Waals surface area (Å²) >= 11 is 0. The average Bonchev–Trinajstić information content (AvgIpc) is 3.53. The lowest BCUT2D eigenvalue weighted by Gasteiger charge is -2.27. The van der Waals surface area contributed by atoms with E-state index in [1.807, 2.05) is 36.4 Å². The zero-order chi connectivity index (χ0) is 37.8. The van der Waals surface area contributed by atoms with Crippen molar-refractivity contribution in [1.29, 1.82) is 0 Å². The van der Waals surface area contributed by atoms with Crippen molar-refractivity contribution in [1.82, 2.24) is 0 Å². The first-order valence-electron chi connectivity index (χ1n) is 20.9. The lowest BCUT2D eigenvalue weighted by atomic mass is 9.87. The molecule has 0 amide bonds. The van der Waals surface area contributed by atoms with E-state index in [9.17, 15) is 9.59 Å². The topological polar surface area (TPSA) is 108 Å². The van der Waals surface area contributed by atoms with Crippen LogP contribution < -0.4 is 9.47 Å². The van der Waals surface area contributed by atoms with Crippen molar-refractivity contribution in [3.8, 4) is 35.0 Å². The van der Waals surface area contributed by atoms with E-state index in [-0.39, 0.29) is 54.5 Å². The second-order valence-corrected chi connectivity index (χ2v) is 15.7. The van der Waals surface area contributed by atoms with Gasteiger partial charge < -0.3 is 37.9 Å². The van der Waals surface area contributed by atoms with Crippen LogP contribution in [0.15, 0.2) is 36.4 Å². The van der Waals surface area contributed by atoms with E-state index in [0.29, 0.717) is 37.9 Å². The minimum Gasteiger partial charge on any atom is -0.426 e. The highest BCUT2D eigenvalue weighted by atomic mass is 16.7. The first-order valence-corrected chi connectivity index (χ1v) is 20.9. The van der Waals surface area contributed by atoms with Gasteiger partial charge in [0.2, 0.25) is 0 Å². The molecule has 2 atom stereocenters. The van der Waals surface area contributed by atoms with Crippen LogP contribution in [0.25, 0.3) is 11.1 Å². The fraction of sp³-hybridized carbons (Fsp3) is 0.644. The highest BCUT2D eigenvalue weighted by Gasteiger charge is 2.33. The Balaban J connectivity index is 0.824. The number of carbonyl (C=O) groups excluding carboxylic acids is 2. The molecule has 0 spiro atoms. The molecule has 2 unspecified atom stereocenters. The van der Waals surface area contributed by atoms with Crippen LogP contribution in [0.5, 0.6) is 11.5 Å². The van der Waals surface area contributed by atoms with Gasteiger partial charge in [0.15, 0.2) is 12.6 Å². The van der Waals surface area contributed by atoms with Gasteiger partial charge in [-0.3, -0.25) is 9.59 Å². The van der Waals surface area contributed by atoms with Crippen LogP contribution in [0.1, 0.15) is 120 Å². The third-order valence-corrected chi connectivity index (χ3v) is 11.7. The standard InChI is InChI=1S/C45H58O10/c1-2-37-40-29-35(54-44(46)31-11-15-33(16-12-31)48-25-7-27-52-42-9-3-5-23-50-42)19-21-38(40)39-22-20-36(30-41(37)39)55-45(47)32-13-17-34(18-14-32)49-26-8-28-53-43-10-4-6-24-51-43/h1,19-22,29-34,37,42-43H,3-18,23-28H2. The smallest absolute Gasteiger partial charge is 0.314 e. The predicted octanol–water partition coefficient (Wildman–Crippen LogP) is 8.26. The number of benzene rings is 2. The Morgan fingerprint density at radius 3 is 1.42 bits per heavy atom. The van der Waals surface area contributed by atoms with Crippen molar-refractivity contribution in [2.24, 2.45) is 11.8 Å². The molecule has 0 radical (unpaired) electrons. The fourth-order valence-corrected chi connectivity index (χ4v) is 8.59. The third-order valence-electron chi connectivity index (χ3n) is 11.7. The van der Waals surface area contributed by atoms with Crippen LogP contribution in [0.2, 0.25) is 0 Å². The molecular weight excluding hydrogens is 700 g/mol. The number of terminal acetylenes is 1. The van der Waals surface area contributed by atoms with Gasteiger partial charge >= 0.3 is 11.9 Å². The van der Waals surface area contributed by atoms with Crippen LogP contribution in [0.4, 0.5) is 0 Å². The monoisotopic (exact) mass is 758 g/mol. The van der Waals surface area contributed by atoms with Gasteiger partial charge in [-0.05, 0) is 149 Å². The summed E-state index contributed by atoms with van der Waals surface area (Å²) in [5, 5.41) is 0. The van der Waals surface area contributed by atoms with Gasteiger partial charge in [0.25, 0.3) is 0 Å². The van der Waals surface area contributed by atoms with Crippen molar-refractivity contribution in [2.45, 2.75) is 133 Å². The zero-order valence-corrected chi connectivity index (χ0v) is 32.2. The number of carbonyl (C=O) groups is 2. The van der Waals surface area contributed by atoms with E-state index in [1.54, 1.807) is 0 Å². The molecule has 2 saturated heterocycles. The Morgan fingerprint density at radius 2 is 1.02 bits per heavy atom. The van der Waals surface area contributed by atoms with Crippen LogP contribution in [0, 0.1) is 24.2 Å². The maximum Gasteiger partial charge on any atom is 0.314 e. The number of hydrogen-bond acceptors (Lipinski definition) is 10. The molecule has 2 aromatic carbocycles. The van der Waals surface area contributed by atoms with Crippen molar-refractivity contribution in [3.05, 3.63) is 47.5 Å². The summed E-state index contributed by atoms with van der Waals surface area (Å²) < 4.78 is 46.9. The molecule has 55 heavy (non-hydrogen) atoms. The number of fused-ring (bicyclic) bond motifs is 3. The molecule has 4 fully saturated rings. The summed E-state index contributed by atoms with van der Waals surface area (Å²) in [6.07, 6.45) is 20.7. The van der Waals surface area contributed by atoms with Crippen molar-refractivity contribution in [2.75, 3.05) is 39.6 Å². The molecule has 298 valence electrons. The highest BCUT2D eigenvalue weighted by molar-refractivity contribution is 5.83. The van der Waals surface area contributed by atoms with Crippen LogP contribution in [0.3, 0.4) is 0 Å². The zero-order valence-electron chi connectivity index (χ0n) is 32.2.